The van der Waals surface area contributed by atoms with Crippen LogP contribution in [0, 0.1) is 11.3 Å². The van der Waals surface area contributed by atoms with E-state index < -0.39 is 0 Å². The lowest BCUT2D eigenvalue weighted by molar-refractivity contribution is 0.232. The van der Waals surface area contributed by atoms with Gasteiger partial charge < -0.3 is 4.74 Å². The molecular formula is C17H17BrN2O. The van der Waals surface area contributed by atoms with Crippen molar-refractivity contribution in [3.05, 3.63) is 64.1 Å². The fraction of sp³-hybridized carbons (Fsp3) is 0.235. The van der Waals surface area contributed by atoms with Crippen molar-refractivity contribution in [2.75, 3.05) is 20.2 Å². The first-order chi connectivity index (χ1) is 10.2. The lowest BCUT2D eigenvalue weighted by Crippen LogP contribution is -2.24. The van der Waals surface area contributed by atoms with E-state index in [0.717, 1.165) is 17.6 Å². The average Bonchev–Trinajstić information content (AvgIpc) is 2.50. The van der Waals surface area contributed by atoms with Gasteiger partial charge in [-0.15, -0.1) is 0 Å². The summed E-state index contributed by atoms with van der Waals surface area (Å²) in [6.45, 7) is 2.20. The second-order valence-corrected chi connectivity index (χ2v) is 5.64. The molecule has 108 valence electrons. The van der Waals surface area contributed by atoms with Crippen LogP contribution in [0.5, 0.6) is 5.75 Å². The van der Waals surface area contributed by atoms with E-state index in [-0.39, 0.29) is 0 Å². The van der Waals surface area contributed by atoms with E-state index in [1.165, 1.54) is 5.56 Å². The molecule has 0 aliphatic carbocycles. The van der Waals surface area contributed by atoms with Crippen molar-refractivity contribution in [2.45, 2.75) is 6.54 Å². The highest BCUT2D eigenvalue weighted by molar-refractivity contribution is 9.10. The Kier molecular flexibility index (Phi) is 5.79. The Morgan fingerprint density at radius 3 is 2.62 bits per heavy atom. The van der Waals surface area contributed by atoms with E-state index in [9.17, 15) is 0 Å². The molecule has 2 rings (SSSR count). The van der Waals surface area contributed by atoms with Crippen LogP contribution >= 0.6 is 15.9 Å². The molecule has 4 heteroatoms. The number of ether oxygens (including phenoxy) is 1. The largest absolute Gasteiger partial charge is 0.491 e. The summed E-state index contributed by atoms with van der Waals surface area (Å²) in [5.41, 5.74) is 1.82. The molecular weight excluding hydrogens is 328 g/mol. The molecule has 0 heterocycles. The Labute approximate surface area is 133 Å². The monoisotopic (exact) mass is 344 g/mol. The Morgan fingerprint density at radius 1 is 1.14 bits per heavy atom. The number of nitriles is 1. The Balaban J connectivity index is 1.84. The van der Waals surface area contributed by atoms with E-state index in [1.54, 1.807) is 6.07 Å². The summed E-state index contributed by atoms with van der Waals surface area (Å²) in [6.07, 6.45) is 0. The van der Waals surface area contributed by atoms with Gasteiger partial charge in [-0.25, -0.2) is 0 Å². The van der Waals surface area contributed by atoms with Gasteiger partial charge in [-0.1, -0.05) is 46.3 Å². The summed E-state index contributed by atoms with van der Waals surface area (Å²) in [5.74, 6) is 0.647. The van der Waals surface area contributed by atoms with Gasteiger partial charge in [-0.05, 0) is 30.8 Å². The van der Waals surface area contributed by atoms with Crippen molar-refractivity contribution in [1.29, 1.82) is 5.26 Å². The lowest BCUT2D eigenvalue weighted by atomic mass is 10.2. The van der Waals surface area contributed by atoms with Gasteiger partial charge in [0.25, 0.3) is 0 Å². The van der Waals surface area contributed by atoms with Crippen LogP contribution in [0.4, 0.5) is 0 Å². The Bertz CT molecular complexity index is 637. The molecule has 0 aromatic heterocycles. The van der Waals surface area contributed by atoms with Crippen LogP contribution in [0.15, 0.2) is 53.0 Å². The van der Waals surface area contributed by atoms with Crippen molar-refractivity contribution < 1.29 is 4.74 Å². The van der Waals surface area contributed by atoms with Gasteiger partial charge in [0.05, 0.1) is 5.56 Å². The molecule has 0 fully saturated rings. The molecule has 0 amide bonds. The zero-order valence-corrected chi connectivity index (χ0v) is 13.5. The zero-order chi connectivity index (χ0) is 15.1. The molecule has 0 saturated heterocycles. The summed E-state index contributed by atoms with van der Waals surface area (Å²) >= 11 is 3.55. The molecule has 2 aromatic carbocycles. The molecule has 0 N–H and O–H groups in total. The van der Waals surface area contributed by atoms with Crippen molar-refractivity contribution >= 4 is 15.9 Å². The van der Waals surface area contributed by atoms with E-state index in [0.29, 0.717) is 17.9 Å². The van der Waals surface area contributed by atoms with Gasteiger partial charge in [0.15, 0.2) is 0 Å². The van der Waals surface area contributed by atoms with Gasteiger partial charge in [-0.3, -0.25) is 4.90 Å². The molecule has 0 aliphatic heterocycles. The topological polar surface area (TPSA) is 36.3 Å². The minimum Gasteiger partial charge on any atom is -0.491 e. The third kappa shape index (κ3) is 4.59. The third-order valence-electron chi connectivity index (χ3n) is 3.14. The van der Waals surface area contributed by atoms with Gasteiger partial charge >= 0.3 is 0 Å². The number of para-hydroxylation sites is 1. The molecule has 21 heavy (non-hydrogen) atoms. The van der Waals surface area contributed by atoms with E-state index in [1.807, 2.05) is 36.4 Å². The maximum Gasteiger partial charge on any atom is 0.137 e. The number of rotatable bonds is 6. The molecule has 0 bridgehead atoms. The number of halogens is 1. The number of nitrogens with zero attached hydrogens (tertiary/aromatic N) is 2. The fourth-order valence-electron chi connectivity index (χ4n) is 1.99. The quantitative estimate of drug-likeness (QED) is 0.798. The summed E-state index contributed by atoms with van der Waals surface area (Å²) in [4.78, 5) is 2.19. The number of hydrogen-bond donors (Lipinski definition) is 0. The minimum atomic E-state index is 0.555. The van der Waals surface area contributed by atoms with Gasteiger partial charge in [0.2, 0.25) is 0 Å². The standard InChI is InChI=1S/C17H17BrN2O/c1-20(13-15-7-2-4-8-16(15)18)10-11-21-17-9-5-3-6-14(17)12-19/h2-9H,10-11,13H2,1H3. The first kappa shape index (κ1) is 15.6. The molecule has 2 aromatic rings. The van der Waals surface area contributed by atoms with Gasteiger partial charge in [0.1, 0.15) is 18.4 Å². The Hall–Kier alpha value is -1.83. The molecule has 0 radical (unpaired) electrons. The maximum atomic E-state index is 9.01. The minimum absolute atomic E-state index is 0.555. The van der Waals surface area contributed by atoms with Crippen LogP contribution < -0.4 is 4.74 Å². The maximum absolute atomic E-state index is 9.01. The van der Waals surface area contributed by atoms with Crippen LogP contribution in [0.3, 0.4) is 0 Å². The van der Waals surface area contributed by atoms with Crippen molar-refractivity contribution in [2.24, 2.45) is 0 Å². The number of benzene rings is 2. The molecule has 3 nitrogen and oxygen atoms in total. The van der Waals surface area contributed by atoms with Crippen molar-refractivity contribution in [3.63, 3.8) is 0 Å². The molecule has 0 spiro atoms. The van der Waals surface area contributed by atoms with Gasteiger partial charge in [0, 0.05) is 17.6 Å². The second kappa shape index (κ2) is 7.82. The SMILES string of the molecule is CN(CCOc1ccccc1C#N)Cc1ccccc1Br. The van der Waals surface area contributed by atoms with Crippen LogP contribution in [-0.4, -0.2) is 25.1 Å². The molecule has 0 saturated carbocycles. The van der Waals surface area contributed by atoms with Crippen molar-refractivity contribution in [3.8, 4) is 11.8 Å². The van der Waals surface area contributed by atoms with E-state index in [4.69, 9.17) is 10.00 Å². The number of hydrogen-bond acceptors (Lipinski definition) is 3. The zero-order valence-electron chi connectivity index (χ0n) is 11.9. The predicted octanol–water partition coefficient (Wildman–Crippen LogP) is 3.83. The third-order valence-corrected chi connectivity index (χ3v) is 3.91. The smallest absolute Gasteiger partial charge is 0.137 e. The van der Waals surface area contributed by atoms with Crippen molar-refractivity contribution in [1.82, 2.24) is 4.90 Å². The summed E-state index contributed by atoms with van der Waals surface area (Å²) in [6, 6.07) is 17.6. The summed E-state index contributed by atoms with van der Waals surface area (Å²) in [5, 5.41) is 9.01. The van der Waals surface area contributed by atoms with Crippen LogP contribution in [0.2, 0.25) is 0 Å². The van der Waals surface area contributed by atoms with E-state index >= 15 is 0 Å². The highest BCUT2D eigenvalue weighted by atomic mass is 79.9. The molecule has 0 atom stereocenters. The Morgan fingerprint density at radius 2 is 1.86 bits per heavy atom. The average molecular weight is 345 g/mol. The second-order valence-electron chi connectivity index (χ2n) is 4.79. The molecule has 0 aliphatic rings. The first-order valence-electron chi connectivity index (χ1n) is 6.74. The highest BCUT2D eigenvalue weighted by Crippen LogP contribution is 2.18. The first-order valence-corrected chi connectivity index (χ1v) is 7.54. The molecule has 0 unspecified atom stereocenters. The predicted molar refractivity (Wildman–Crippen MR) is 87.1 cm³/mol. The van der Waals surface area contributed by atoms with Crippen LogP contribution in [0.1, 0.15) is 11.1 Å². The van der Waals surface area contributed by atoms with E-state index in [2.05, 4.69) is 40.0 Å². The fourth-order valence-corrected chi connectivity index (χ4v) is 2.40. The van der Waals surface area contributed by atoms with Gasteiger partial charge in [-0.2, -0.15) is 5.26 Å². The normalized spacial score (nSPS) is 10.4. The highest BCUT2D eigenvalue weighted by Gasteiger charge is 2.05. The summed E-state index contributed by atoms with van der Waals surface area (Å²) in [7, 11) is 2.05. The summed E-state index contributed by atoms with van der Waals surface area (Å²) < 4.78 is 6.81. The van der Waals surface area contributed by atoms with Crippen LogP contribution in [0.25, 0.3) is 0 Å². The number of likely N-dealkylation sites (N-methyl/N-ethyl adjacent to an activating group) is 1. The van der Waals surface area contributed by atoms with Crippen LogP contribution in [-0.2, 0) is 6.54 Å². The lowest BCUT2D eigenvalue weighted by Gasteiger charge is -2.18.